The molecule has 2 aromatic rings. The van der Waals surface area contributed by atoms with Crippen LogP contribution in [-0.2, 0) is 0 Å². The van der Waals surface area contributed by atoms with Gasteiger partial charge in [-0.25, -0.2) is 14.4 Å². The molecule has 0 amide bonds. The van der Waals surface area contributed by atoms with Crippen molar-refractivity contribution in [2.75, 3.05) is 18.4 Å². The molecule has 2 N–H and O–H groups in total. The summed E-state index contributed by atoms with van der Waals surface area (Å²) >= 11 is 6.12. The molecule has 1 saturated carbocycles. The molecule has 23 heavy (non-hydrogen) atoms. The van der Waals surface area contributed by atoms with E-state index in [0.29, 0.717) is 28.1 Å². The van der Waals surface area contributed by atoms with Crippen molar-refractivity contribution in [1.82, 2.24) is 15.3 Å². The van der Waals surface area contributed by atoms with Gasteiger partial charge in [-0.1, -0.05) is 11.6 Å². The molecule has 4 nitrogen and oxygen atoms in total. The summed E-state index contributed by atoms with van der Waals surface area (Å²) in [4.78, 5) is 8.73. The number of rotatable bonds is 3. The molecule has 4 rings (SSSR count). The summed E-state index contributed by atoms with van der Waals surface area (Å²) < 4.78 is 13.4. The Labute approximate surface area is 139 Å². The van der Waals surface area contributed by atoms with Crippen molar-refractivity contribution in [3.63, 3.8) is 0 Å². The largest absolute Gasteiger partial charge is 0.351 e. The van der Waals surface area contributed by atoms with Crippen LogP contribution in [0.4, 0.5) is 10.3 Å². The van der Waals surface area contributed by atoms with Gasteiger partial charge in [0, 0.05) is 34.6 Å². The summed E-state index contributed by atoms with van der Waals surface area (Å²) in [6.07, 6.45) is 5.71. The van der Waals surface area contributed by atoms with Crippen LogP contribution in [0.25, 0.3) is 11.1 Å². The maximum Gasteiger partial charge on any atom is 0.222 e. The number of hydrogen-bond donors (Lipinski definition) is 2. The van der Waals surface area contributed by atoms with E-state index in [0.717, 1.165) is 24.9 Å². The lowest BCUT2D eigenvalue weighted by atomic mass is 10.0. The van der Waals surface area contributed by atoms with Gasteiger partial charge in [-0.3, -0.25) is 0 Å². The summed E-state index contributed by atoms with van der Waals surface area (Å²) in [5, 5.41) is 7.35. The van der Waals surface area contributed by atoms with Gasteiger partial charge in [0.25, 0.3) is 0 Å². The van der Waals surface area contributed by atoms with Crippen molar-refractivity contribution in [3.8, 4) is 11.1 Å². The Morgan fingerprint density at radius 3 is 2.52 bits per heavy atom. The number of aromatic nitrogens is 2. The molecule has 1 aliphatic heterocycles. The Morgan fingerprint density at radius 2 is 1.83 bits per heavy atom. The fraction of sp³-hybridized carbons (Fsp3) is 0.412. The van der Waals surface area contributed by atoms with Crippen molar-refractivity contribution in [2.45, 2.75) is 18.9 Å². The van der Waals surface area contributed by atoms with Crippen LogP contribution in [0.1, 0.15) is 12.8 Å². The van der Waals surface area contributed by atoms with Gasteiger partial charge < -0.3 is 10.6 Å². The molecule has 1 aromatic carbocycles. The normalized spacial score (nSPS) is 26.3. The molecule has 2 heterocycles. The standard InChI is InChI=1S/C17H18ClFN4/c18-16-2-1-13(19)5-15(16)12-8-21-17(22-9-12)23-14-3-10-6-20-7-11(10)4-14/h1-2,5,8-11,14,20H,3-4,6-7H2,(H,21,22,23)/t10-,11+,14+. The Morgan fingerprint density at radius 1 is 1.13 bits per heavy atom. The average Bonchev–Trinajstić information content (AvgIpc) is 3.12. The molecule has 120 valence electrons. The Hall–Kier alpha value is -1.72. The zero-order valence-corrected chi connectivity index (χ0v) is 13.4. The van der Waals surface area contributed by atoms with E-state index in [9.17, 15) is 4.39 Å². The molecule has 0 radical (unpaired) electrons. The molecule has 0 unspecified atom stereocenters. The highest BCUT2D eigenvalue weighted by Gasteiger charge is 2.37. The molecule has 0 bridgehead atoms. The van der Waals surface area contributed by atoms with E-state index in [1.54, 1.807) is 18.5 Å². The van der Waals surface area contributed by atoms with E-state index in [4.69, 9.17) is 11.6 Å². The van der Waals surface area contributed by atoms with Crippen LogP contribution in [0.15, 0.2) is 30.6 Å². The zero-order valence-electron chi connectivity index (χ0n) is 12.6. The number of benzene rings is 1. The van der Waals surface area contributed by atoms with Crippen LogP contribution in [0.3, 0.4) is 0 Å². The number of nitrogens with one attached hydrogen (secondary N) is 2. The van der Waals surface area contributed by atoms with Crippen LogP contribution in [0.2, 0.25) is 5.02 Å². The molecule has 1 aromatic heterocycles. The van der Waals surface area contributed by atoms with Crippen molar-refractivity contribution in [1.29, 1.82) is 0 Å². The number of fused-ring (bicyclic) bond motifs is 1. The minimum atomic E-state index is -0.322. The minimum absolute atomic E-state index is 0.322. The highest BCUT2D eigenvalue weighted by Crippen LogP contribution is 2.35. The first kappa shape index (κ1) is 14.8. The summed E-state index contributed by atoms with van der Waals surface area (Å²) in [7, 11) is 0. The zero-order chi connectivity index (χ0) is 15.8. The summed E-state index contributed by atoms with van der Waals surface area (Å²) in [5.74, 6) is 1.85. The van der Waals surface area contributed by atoms with E-state index in [1.165, 1.54) is 25.0 Å². The van der Waals surface area contributed by atoms with Crippen LogP contribution >= 0.6 is 11.6 Å². The monoisotopic (exact) mass is 332 g/mol. The van der Waals surface area contributed by atoms with E-state index >= 15 is 0 Å². The molecule has 3 atom stereocenters. The quantitative estimate of drug-likeness (QED) is 0.905. The lowest BCUT2D eigenvalue weighted by molar-refractivity contribution is 0.494. The van der Waals surface area contributed by atoms with Crippen LogP contribution in [0, 0.1) is 17.7 Å². The van der Waals surface area contributed by atoms with Gasteiger partial charge >= 0.3 is 0 Å². The van der Waals surface area contributed by atoms with Gasteiger partial charge in [0.1, 0.15) is 5.82 Å². The van der Waals surface area contributed by atoms with E-state index in [-0.39, 0.29) is 5.82 Å². The maximum atomic E-state index is 13.4. The van der Waals surface area contributed by atoms with Gasteiger partial charge in [-0.05, 0) is 56.0 Å². The second-order valence-corrected chi connectivity index (χ2v) is 6.82. The first-order valence-electron chi connectivity index (χ1n) is 7.94. The van der Waals surface area contributed by atoms with Crippen molar-refractivity contribution >= 4 is 17.5 Å². The van der Waals surface area contributed by atoms with Gasteiger partial charge in [-0.2, -0.15) is 0 Å². The SMILES string of the molecule is Fc1ccc(Cl)c(-c2cnc(N[C@@H]3C[C@H]4CNC[C@H]4C3)nc2)c1. The predicted octanol–water partition coefficient (Wildman–Crippen LogP) is 3.35. The Balaban J connectivity index is 1.47. The van der Waals surface area contributed by atoms with Gasteiger partial charge in [0.2, 0.25) is 5.95 Å². The van der Waals surface area contributed by atoms with Crippen LogP contribution < -0.4 is 10.6 Å². The number of halogens is 2. The summed E-state index contributed by atoms with van der Waals surface area (Å²) in [5.41, 5.74) is 1.33. The van der Waals surface area contributed by atoms with Crippen LogP contribution in [-0.4, -0.2) is 29.1 Å². The van der Waals surface area contributed by atoms with Gasteiger partial charge in [-0.15, -0.1) is 0 Å². The lowest BCUT2D eigenvalue weighted by Gasteiger charge is -2.14. The van der Waals surface area contributed by atoms with E-state index in [2.05, 4.69) is 20.6 Å². The number of nitrogens with zero attached hydrogens (tertiary/aromatic N) is 2. The minimum Gasteiger partial charge on any atom is -0.351 e. The number of anilines is 1. The molecule has 6 heteroatoms. The van der Waals surface area contributed by atoms with E-state index < -0.39 is 0 Å². The van der Waals surface area contributed by atoms with E-state index in [1.807, 2.05) is 0 Å². The summed E-state index contributed by atoms with van der Waals surface area (Å²) in [6, 6.07) is 4.73. The lowest BCUT2D eigenvalue weighted by Crippen LogP contribution is -2.21. The first-order valence-corrected chi connectivity index (χ1v) is 8.31. The highest BCUT2D eigenvalue weighted by atomic mass is 35.5. The fourth-order valence-corrected chi connectivity index (χ4v) is 3.95. The Kier molecular flexibility index (Phi) is 3.91. The average molecular weight is 333 g/mol. The van der Waals surface area contributed by atoms with Crippen molar-refractivity contribution in [2.24, 2.45) is 11.8 Å². The highest BCUT2D eigenvalue weighted by molar-refractivity contribution is 6.33. The molecule has 0 spiro atoms. The van der Waals surface area contributed by atoms with Gasteiger partial charge in [0.15, 0.2) is 0 Å². The molecular formula is C17H18ClFN4. The fourth-order valence-electron chi connectivity index (χ4n) is 3.73. The topological polar surface area (TPSA) is 49.8 Å². The first-order chi connectivity index (χ1) is 11.2. The van der Waals surface area contributed by atoms with Crippen LogP contribution in [0.5, 0.6) is 0 Å². The smallest absolute Gasteiger partial charge is 0.222 e. The second kappa shape index (κ2) is 6.06. The van der Waals surface area contributed by atoms with Gasteiger partial charge in [0.05, 0.1) is 0 Å². The molecule has 2 aliphatic rings. The predicted molar refractivity (Wildman–Crippen MR) is 88.9 cm³/mol. The number of hydrogen-bond acceptors (Lipinski definition) is 4. The third-order valence-electron chi connectivity index (χ3n) is 4.88. The third kappa shape index (κ3) is 3.03. The van der Waals surface area contributed by atoms with Crippen molar-refractivity contribution in [3.05, 3.63) is 41.4 Å². The summed E-state index contributed by atoms with van der Waals surface area (Å²) in [6.45, 7) is 2.25. The van der Waals surface area contributed by atoms with Crippen molar-refractivity contribution < 1.29 is 4.39 Å². The molecule has 2 fully saturated rings. The third-order valence-corrected chi connectivity index (χ3v) is 5.21. The second-order valence-electron chi connectivity index (χ2n) is 6.41. The molecule has 1 aliphatic carbocycles. The molecule has 1 saturated heterocycles. The molecular weight excluding hydrogens is 315 g/mol. The maximum absolute atomic E-state index is 13.4. The Bertz CT molecular complexity index is 694.